The maximum absolute atomic E-state index is 5.62. The highest BCUT2D eigenvalue weighted by molar-refractivity contribution is 6.31. The van der Waals surface area contributed by atoms with Gasteiger partial charge in [0.25, 0.3) is 0 Å². The second kappa shape index (κ2) is 4.92. The molecule has 0 aliphatic carbocycles. The van der Waals surface area contributed by atoms with Crippen LogP contribution < -0.4 is 4.74 Å². The number of rotatable bonds is 2. The summed E-state index contributed by atoms with van der Waals surface area (Å²) in [5.74, 6) is 0. The second-order valence-electron chi connectivity index (χ2n) is 3.09. The monoisotopic (exact) mass is 249 g/mol. The summed E-state index contributed by atoms with van der Waals surface area (Å²) in [6.45, 7) is 1.38. The van der Waals surface area contributed by atoms with E-state index in [9.17, 15) is 0 Å². The molecule has 2 heterocycles. The van der Waals surface area contributed by atoms with Gasteiger partial charge in [-0.05, 0) is 23.2 Å². The minimum atomic E-state index is 0.0389. The molecule has 0 spiro atoms. The molecule has 1 fully saturated rings. The lowest BCUT2D eigenvalue weighted by molar-refractivity contribution is 0.0216. The Labute approximate surface area is 96.7 Å². The number of ether oxygens (including phenoxy) is 2. The summed E-state index contributed by atoms with van der Waals surface area (Å²) in [5, 5.41) is 0.0779. The number of aromatic nitrogens is 3. The third-order valence-corrected chi connectivity index (χ3v) is 2.34. The van der Waals surface area contributed by atoms with Gasteiger partial charge < -0.3 is 9.47 Å². The second-order valence-corrected chi connectivity index (χ2v) is 3.76. The molecular formula is C8H9Cl2N3O2. The van der Waals surface area contributed by atoms with Gasteiger partial charge in [-0.25, -0.2) is 0 Å². The quantitative estimate of drug-likeness (QED) is 0.800. The van der Waals surface area contributed by atoms with Crippen LogP contribution in [-0.2, 0) is 4.74 Å². The van der Waals surface area contributed by atoms with E-state index < -0.39 is 0 Å². The molecule has 0 amide bonds. The van der Waals surface area contributed by atoms with Crippen molar-refractivity contribution < 1.29 is 9.47 Å². The highest BCUT2D eigenvalue weighted by Crippen LogP contribution is 2.16. The molecule has 0 N–H and O–H groups in total. The van der Waals surface area contributed by atoms with Crippen LogP contribution in [0, 0.1) is 0 Å². The number of hydrogen-bond donors (Lipinski definition) is 0. The van der Waals surface area contributed by atoms with Crippen molar-refractivity contribution in [3.05, 3.63) is 10.6 Å². The summed E-state index contributed by atoms with van der Waals surface area (Å²) in [6, 6.07) is 0.173. The Balaban J connectivity index is 2.02. The first-order chi connectivity index (χ1) is 7.24. The van der Waals surface area contributed by atoms with Crippen LogP contribution in [0.5, 0.6) is 6.01 Å². The zero-order valence-electron chi connectivity index (χ0n) is 7.82. The minimum Gasteiger partial charge on any atom is -0.460 e. The molecule has 1 aromatic rings. The normalized spacial score (nSPS) is 17.7. The molecule has 0 bridgehead atoms. The molecule has 0 saturated carbocycles. The van der Waals surface area contributed by atoms with Crippen LogP contribution in [0.25, 0.3) is 0 Å². The molecule has 5 nitrogen and oxygen atoms in total. The molecule has 0 atom stereocenters. The summed E-state index contributed by atoms with van der Waals surface area (Å²) < 4.78 is 10.7. The van der Waals surface area contributed by atoms with E-state index in [4.69, 9.17) is 32.7 Å². The Bertz CT molecular complexity index is 324. The van der Waals surface area contributed by atoms with Crippen molar-refractivity contribution >= 4 is 23.2 Å². The molecule has 7 heteroatoms. The standard InChI is InChI=1S/C8H9Cl2N3O2/c9-6-11-7(10)13-8(12-6)15-5-1-3-14-4-2-5/h5H,1-4H2. The largest absolute Gasteiger partial charge is 0.460 e. The predicted molar refractivity (Wildman–Crippen MR) is 54.3 cm³/mol. The lowest BCUT2D eigenvalue weighted by atomic mass is 10.2. The first-order valence-corrected chi connectivity index (χ1v) is 5.31. The van der Waals surface area contributed by atoms with Gasteiger partial charge in [-0.1, -0.05) is 0 Å². The van der Waals surface area contributed by atoms with Crippen LogP contribution in [0.1, 0.15) is 12.8 Å². The Morgan fingerprint density at radius 2 is 1.67 bits per heavy atom. The zero-order valence-corrected chi connectivity index (χ0v) is 9.33. The van der Waals surface area contributed by atoms with Gasteiger partial charge in [0.2, 0.25) is 10.6 Å². The minimum absolute atomic E-state index is 0.0389. The van der Waals surface area contributed by atoms with Gasteiger partial charge in [0.05, 0.1) is 13.2 Å². The van der Waals surface area contributed by atoms with Gasteiger partial charge in [-0.2, -0.15) is 15.0 Å². The van der Waals surface area contributed by atoms with Crippen LogP contribution in [0.4, 0.5) is 0 Å². The average molecular weight is 250 g/mol. The van der Waals surface area contributed by atoms with Crippen molar-refractivity contribution in [2.45, 2.75) is 18.9 Å². The van der Waals surface area contributed by atoms with E-state index in [2.05, 4.69) is 15.0 Å². The first-order valence-electron chi connectivity index (χ1n) is 4.55. The van der Waals surface area contributed by atoms with Crippen molar-refractivity contribution in [1.82, 2.24) is 15.0 Å². The number of nitrogens with zero attached hydrogens (tertiary/aromatic N) is 3. The Morgan fingerprint density at radius 1 is 1.07 bits per heavy atom. The number of hydrogen-bond acceptors (Lipinski definition) is 5. The van der Waals surface area contributed by atoms with Crippen molar-refractivity contribution in [3.63, 3.8) is 0 Å². The molecule has 1 saturated heterocycles. The van der Waals surface area contributed by atoms with Gasteiger partial charge in [-0.15, -0.1) is 0 Å². The van der Waals surface area contributed by atoms with E-state index in [0.29, 0.717) is 13.2 Å². The molecule has 1 aliphatic heterocycles. The highest BCUT2D eigenvalue weighted by atomic mass is 35.5. The molecule has 1 aromatic heterocycles. The van der Waals surface area contributed by atoms with E-state index in [1.807, 2.05) is 0 Å². The molecule has 0 unspecified atom stereocenters. The lowest BCUT2D eigenvalue weighted by Gasteiger charge is -2.21. The molecule has 2 rings (SSSR count). The molecule has 82 valence electrons. The first kappa shape index (κ1) is 10.9. The Hall–Kier alpha value is -0.650. The highest BCUT2D eigenvalue weighted by Gasteiger charge is 2.17. The SMILES string of the molecule is Clc1nc(Cl)nc(OC2CCOCC2)n1. The predicted octanol–water partition coefficient (Wildman–Crippen LogP) is 1.74. The lowest BCUT2D eigenvalue weighted by Crippen LogP contribution is -2.26. The van der Waals surface area contributed by atoms with E-state index in [1.165, 1.54) is 0 Å². The summed E-state index contributed by atoms with van der Waals surface area (Å²) in [5.41, 5.74) is 0. The average Bonchev–Trinajstić information content (AvgIpc) is 2.17. The molecule has 1 aliphatic rings. The van der Waals surface area contributed by atoms with Gasteiger partial charge in [0.15, 0.2) is 0 Å². The van der Waals surface area contributed by atoms with Crippen LogP contribution in [0.3, 0.4) is 0 Å². The topological polar surface area (TPSA) is 57.1 Å². The van der Waals surface area contributed by atoms with E-state index in [-0.39, 0.29) is 22.7 Å². The third-order valence-electron chi connectivity index (χ3n) is 2.00. The summed E-state index contributed by atoms with van der Waals surface area (Å²) in [4.78, 5) is 11.3. The summed E-state index contributed by atoms with van der Waals surface area (Å²) in [6.07, 6.45) is 1.70. The van der Waals surface area contributed by atoms with Crippen LogP contribution in [0.2, 0.25) is 10.6 Å². The van der Waals surface area contributed by atoms with E-state index >= 15 is 0 Å². The Morgan fingerprint density at radius 3 is 2.27 bits per heavy atom. The molecule has 0 aromatic carbocycles. The summed E-state index contributed by atoms with van der Waals surface area (Å²) >= 11 is 11.2. The van der Waals surface area contributed by atoms with Crippen molar-refractivity contribution in [1.29, 1.82) is 0 Å². The molecule has 0 radical (unpaired) electrons. The fraction of sp³-hybridized carbons (Fsp3) is 0.625. The zero-order chi connectivity index (χ0) is 10.7. The summed E-state index contributed by atoms with van der Waals surface area (Å²) in [7, 11) is 0. The van der Waals surface area contributed by atoms with E-state index in [1.54, 1.807) is 0 Å². The Kier molecular flexibility index (Phi) is 3.56. The van der Waals surface area contributed by atoms with Crippen LogP contribution in [-0.4, -0.2) is 34.3 Å². The smallest absolute Gasteiger partial charge is 0.322 e. The van der Waals surface area contributed by atoms with E-state index in [0.717, 1.165) is 12.8 Å². The van der Waals surface area contributed by atoms with Crippen LogP contribution in [0.15, 0.2) is 0 Å². The molecule has 15 heavy (non-hydrogen) atoms. The maximum Gasteiger partial charge on any atom is 0.322 e. The fourth-order valence-electron chi connectivity index (χ4n) is 1.30. The van der Waals surface area contributed by atoms with Gasteiger partial charge >= 0.3 is 6.01 Å². The van der Waals surface area contributed by atoms with Gasteiger partial charge in [0, 0.05) is 12.8 Å². The van der Waals surface area contributed by atoms with Crippen molar-refractivity contribution in [2.24, 2.45) is 0 Å². The third kappa shape index (κ3) is 3.15. The fourth-order valence-corrected chi connectivity index (χ4v) is 1.65. The van der Waals surface area contributed by atoms with Gasteiger partial charge in [0.1, 0.15) is 6.10 Å². The maximum atomic E-state index is 5.62. The van der Waals surface area contributed by atoms with Crippen molar-refractivity contribution in [2.75, 3.05) is 13.2 Å². The van der Waals surface area contributed by atoms with Crippen LogP contribution >= 0.6 is 23.2 Å². The number of halogens is 2. The van der Waals surface area contributed by atoms with Gasteiger partial charge in [-0.3, -0.25) is 0 Å². The van der Waals surface area contributed by atoms with Crippen molar-refractivity contribution in [3.8, 4) is 6.01 Å². The molecular weight excluding hydrogens is 241 g/mol.